The third-order valence-electron chi connectivity index (χ3n) is 3.87. The minimum atomic E-state index is 0.172. The lowest BCUT2D eigenvalue weighted by atomic mass is 10.2. The Morgan fingerprint density at radius 1 is 0.786 bits per heavy atom. The van der Waals surface area contributed by atoms with Gasteiger partial charge in [0.25, 0.3) is 0 Å². The number of hydrogen-bond acceptors (Lipinski definition) is 6. The van der Waals surface area contributed by atoms with Gasteiger partial charge in [-0.15, -0.1) is 11.8 Å². The lowest BCUT2D eigenvalue weighted by molar-refractivity contribution is 0.474. The molecule has 3 aromatic rings. The van der Waals surface area contributed by atoms with Gasteiger partial charge in [-0.3, -0.25) is 9.98 Å². The molecule has 3 rings (SSSR count). The number of para-hydroxylation sites is 2. The van der Waals surface area contributed by atoms with Crippen molar-refractivity contribution in [2.45, 2.75) is 4.90 Å². The second-order valence-corrected chi connectivity index (χ2v) is 7.47. The minimum Gasteiger partial charge on any atom is -0.507 e. The molecule has 0 spiro atoms. The molecule has 6 heteroatoms. The molecule has 0 aliphatic heterocycles. The summed E-state index contributed by atoms with van der Waals surface area (Å²) in [7, 11) is 0. The van der Waals surface area contributed by atoms with Gasteiger partial charge in [0.05, 0.1) is 11.4 Å². The fourth-order valence-electron chi connectivity index (χ4n) is 2.44. The molecule has 142 valence electrons. The van der Waals surface area contributed by atoms with Crippen LogP contribution in [0.5, 0.6) is 11.5 Å². The molecule has 0 saturated carbocycles. The second-order valence-electron chi connectivity index (χ2n) is 5.86. The van der Waals surface area contributed by atoms with Crippen LogP contribution in [-0.2, 0) is 0 Å². The third kappa shape index (κ3) is 5.41. The largest absolute Gasteiger partial charge is 0.507 e. The zero-order valence-corrected chi connectivity index (χ0v) is 16.8. The van der Waals surface area contributed by atoms with Gasteiger partial charge < -0.3 is 10.2 Å². The molecule has 0 aliphatic rings. The van der Waals surface area contributed by atoms with Crippen molar-refractivity contribution in [3.05, 3.63) is 77.9 Å². The van der Waals surface area contributed by atoms with Crippen molar-refractivity contribution in [2.75, 3.05) is 11.5 Å². The van der Waals surface area contributed by atoms with E-state index in [1.165, 1.54) is 0 Å². The Hall–Kier alpha value is -2.70. The van der Waals surface area contributed by atoms with Gasteiger partial charge >= 0.3 is 0 Å². The third-order valence-corrected chi connectivity index (χ3v) is 5.39. The molecule has 3 aromatic carbocycles. The van der Waals surface area contributed by atoms with Crippen molar-refractivity contribution in [1.82, 2.24) is 0 Å². The molecule has 0 radical (unpaired) electrons. The average molecular weight is 409 g/mol. The highest BCUT2D eigenvalue weighted by Gasteiger charge is 2.04. The topological polar surface area (TPSA) is 65.2 Å². The predicted molar refractivity (Wildman–Crippen MR) is 122 cm³/mol. The number of thioether (sulfide) groups is 1. The Bertz CT molecular complexity index is 1000. The van der Waals surface area contributed by atoms with E-state index in [1.807, 2.05) is 30.3 Å². The quantitative estimate of drug-likeness (QED) is 0.270. The van der Waals surface area contributed by atoms with Gasteiger partial charge in [-0.25, -0.2) is 0 Å². The van der Waals surface area contributed by atoms with Crippen molar-refractivity contribution in [3.63, 3.8) is 0 Å². The molecule has 28 heavy (non-hydrogen) atoms. The molecule has 0 bridgehead atoms. The van der Waals surface area contributed by atoms with Crippen LogP contribution in [0.1, 0.15) is 11.1 Å². The Labute approximate surface area is 174 Å². The van der Waals surface area contributed by atoms with E-state index in [9.17, 15) is 10.2 Å². The van der Waals surface area contributed by atoms with Gasteiger partial charge in [-0.05, 0) is 48.2 Å². The zero-order valence-electron chi connectivity index (χ0n) is 15.1. The van der Waals surface area contributed by atoms with E-state index in [1.54, 1.807) is 60.6 Å². The Kier molecular flexibility index (Phi) is 7.17. The molecule has 2 N–H and O–H groups in total. The van der Waals surface area contributed by atoms with Gasteiger partial charge in [0.1, 0.15) is 11.5 Å². The fourth-order valence-corrected chi connectivity index (χ4v) is 3.40. The molecule has 0 atom stereocenters. The Morgan fingerprint density at radius 3 is 1.93 bits per heavy atom. The van der Waals surface area contributed by atoms with Crippen LogP contribution in [0, 0.1) is 0 Å². The van der Waals surface area contributed by atoms with E-state index in [4.69, 9.17) is 0 Å². The maximum atomic E-state index is 9.95. The summed E-state index contributed by atoms with van der Waals surface area (Å²) in [4.78, 5) is 10.1. The van der Waals surface area contributed by atoms with Gasteiger partial charge in [-0.1, -0.05) is 24.3 Å². The highest BCUT2D eigenvalue weighted by atomic mass is 32.2. The number of benzene rings is 3. The molecular weight excluding hydrogens is 388 g/mol. The maximum absolute atomic E-state index is 9.95. The number of phenolic OH excluding ortho intramolecular Hbond substituents is 2. The molecule has 0 saturated heterocycles. The number of nitrogens with zero attached hydrogens (tertiary/aromatic N) is 2. The SMILES string of the molecule is Oc1ccccc1C=Nc1ccc(SCCS)cc1N=Cc1ccccc1O. The molecule has 0 aliphatic carbocycles. The average Bonchev–Trinajstić information content (AvgIpc) is 2.72. The second kappa shape index (κ2) is 10.0. The van der Waals surface area contributed by atoms with Gasteiger partial charge in [0.2, 0.25) is 0 Å². The summed E-state index contributed by atoms with van der Waals surface area (Å²) < 4.78 is 0. The molecule has 0 unspecified atom stereocenters. The number of hydrogen-bond donors (Lipinski definition) is 3. The molecule has 0 aromatic heterocycles. The molecule has 0 fully saturated rings. The van der Waals surface area contributed by atoms with E-state index in [0.29, 0.717) is 22.5 Å². The fraction of sp³-hybridized carbons (Fsp3) is 0.0909. The van der Waals surface area contributed by atoms with E-state index < -0.39 is 0 Å². The van der Waals surface area contributed by atoms with Crippen LogP contribution in [0.25, 0.3) is 0 Å². The molecular formula is C22H20N2O2S2. The lowest BCUT2D eigenvalue weighted by Gasteiger charge is -2.06. The van der Waals surface area contributed by atoms with Crippen molar-refractivity contribution in [2.24, 2.45) is 9.98 Å². The summed E-state index contributed by atoms with van der Waals surface area (Å²) in [5, 5.41) is 19.9. The highest BCUT2D eigenvalue weighted by molar-refractivity contribution is 8.00. The molecule has 0 heterocycles. The molecule has 4 nitrogen and oxygen atoms in total. The summed E-state index contributed by atoms with van der Waals surface area (Å²) in [6.45, 7) is 0. The summed E-state index contributed by atoms with van der Waals surface area (Å²) in [6.07, 6.45) is 3.24. The van der Waals surface area contributed by atoms with Crippen LogP contribution in [-0.4, -0.2) is 34.1 Å². The van der Waals surface area contributed by atoms with Crippen LogP contribution in [0.4, 0.5) is 11.4 Å². The first-order valence-corrected chi connectivity index (χ1v) is 10.3. The van der Waals surface area contributed by atoms with Crippen LogP contribution in [0.3, 0.4) is 0 Å². The van der Waals surface area contributed by atoms with Crippen molar-refractivity contribution < 1.29 is 10.2 Å². The van der Waals surface area contributed by atoms with E-state index in [-0.39, 0.29) is 11.5 Å². The van der Waals surface area contributed by atoms with Crippen molar-refractivity contribution >= 4 is 48.2 Å². The summed E-state index contributed by atoms with van der Waals surface area (Å²) >= 11 is 5.95. The Balaban J connectivity index is 1.94. The number of rotatable bonds is 7. The van der Waals surface area contributed by atoms with Crippen LogP contribution >= 0.6 is 24.4 Å². The summed E-state index contributed by atoms with van der Waals surface area (Å²) in [6, 6.07) is 19.9. The van der Waals surface area contributed by atoms with E-state index in [0.717, 1.165) is 16.4 Å². The van der Waals surface area contributed by atoms with E-state index >= 15 is 0 Å². The Morgan fingerprint density at radius 2 is 1.36 bits per heavy atom. The first kappa shape index (κ1) is 20.0. The number of thiol groups is 1. The maximum Gasteiger partial charge on any atom is 0.124 e. The highest BCUT2D eigenvalue weighted by Crippen LogP contribution is 2.33. The monoisotopic (exact) mass is 408 g/mol. The van der Waals surface area contributed by atoms with Crippen molar-refractivity contribution in [3.8, 4) is 11.5 Å². The number of aromatic hydroxyl groups is 2. The van der Waals surface area contributed by atoms with Crippen LogP contribution < -0.4 is 0 Å². The predicted octanol–water partition coefficient (Wildman–Crippen LogP) is 5.62. The minimum absolute atomic E-state index is 0.172. The molecule has 0 amide bonds. The van der Waals surface area contributed by atoms with E-state index in [2.05, 4.69) is 22.6 Å². The number of aliphatic imine (C=N–C) groups is 2. The van der Waals surface area contributed by atoms with Crippen LogP contribution in [0.15, 0.2) is 81.6 Å². The van der Waals surface area contributed by atoms with Gasteiger partial charge in [-0.2, -0.15) is 12.6 Å². The van der Waals surface area contributed by atoms with Crippen molar-refractivity contribution in [1.29, 1.82) is 0 Å². The van der Waals surface area contributed by atoms with Crippen LogP contribution in [0.2, 0.25) is 0 Å². The standard InChI is InChI=1S/C22H20N2O2S2/c25-21-7-3-1-5-16(21)14-23-19-10-9-18(28-12-11-27)13-20(19)24-15-17-6-2-4-8-22(17)26/h1-10,13-15,25-27H,11-12H2. The smallest absolute Gasteiger partial charge is 0.124 e. The normalized spacial score (nSPS) is 11.5. The zero-order chi connectivity index (χ0) is 19.8. The summed E-state index contributed by atoms with van der Waals surface area (Å²) in [5.41, 5.74) is 2.61. The summed E-state index contributed by atoms with van der Waals surface area (Å²) in [5.74, 6) is 2.03. The van der Waals surface area contributed by atoms with Gasteiger partial charge in [0.15, 0.2) is 0 Å². The number of phenols is 2. The lowest BCUT2D eigenvalue weighted by Crippen LogP contribution is -1.84. The van der Waals surface area contributed by atoms with Gasteiger partial charge in [0, 0.05) is 34.2 Å². The first-order valence-electron chi connectivity index (χ1n) is 8.69. The first-order chi connectivity index (χ1) is 13.7.